The third-order valence-corrected chi connectivity index (χ3v) is 6.09. The molecule has 2 fully saturated rings. The Morgan fingerprint density at radius 3 is 2.44 bits per heavy atom. The van der Waals surface area contributed by atoms with E-state index in [4.69, 9.17) is 0 Å². The molecule has 0 spiro atoms. The molecule has 3 rings (SSSR count). The van der Waals surface area contributed by atoms with Crippen molar-refractivity contribution in [2.45, 2.75) is 19.9 Å². The van der Waals surface area contributed by atoms with E-state index in [-0.39, 0.29) is 12.1 Å². The summed E-state index contributed by atoms with van der Waals surface area (Å²) >= 11 is 2.02. The zero-order valence-electron chi connectivity index (χ0n) is 15.6. The van der Waals surface area contributed by atoms with E-state index < -0.39 is 0 Å². The Hall–Kier alpha value is -1.40. The molecule has 25 heavy (non-hydrogen) atoms. The summed E-state index contributed by atoms with van der Waals surface area (Å²) in [6.45, 7) is 9.25. The maximum Gasteiger partial charge on any atom is 0.322 e. The van der Waals surface area contributed by atoms with E-state index in [2.05, 4.69) is 48.1 Å². The molecule has 1 atom stereocenters. The zero-order chi connectivity index (χ0) is 17.8. The second-order valence-electron chi connectivity index (χ2n) is 7.34. The number of anilines is 2. The molecular weight excluding hydrogens is 332 g/mol. The van der Waals surface area contributed by atoms with Gasteiger partial charge in [0.05, 0.1) is 0 Å². The molecule has 1 aromatic carbocycles. The van der Waals surface area contributed by atoms with Crippen LogP contribution in [0.2, 0.25) is 0 Å². The van der Waals surface area contributed by atoms with Gasteiger partial charge in [-0.25, -0.2) is 4.79 Å². The Morgan fingerprint density at radius 2 is 1.80 bits per heavy atom. The molecule has 2 amide bonds. The van der Waals surface area contributed by atoms with E-state index in [1.54, 1.807) is 0 Å². The van der Waals surface area contributed by atoms with E-state index in [1.165, 1.54) is 17.2 Å². The molecular formula is C19H30N4OS. The highest BCUT2D eigenvalue weighted by Gasteiger charge is 2.31. The van der Waals surface area contributed by atoms with Crippen LogP contribution in [0.25, 0.3) is 0 Å². The number of carbonyl (C=O) groups is 1. The van der Waals surface area contributed by atoms with Gasteiger partial charge in [0.25, 0.3) is 0 Å². The molecule has 0 saturated carbocycles. The molecule has 1 N–H and O–H groups in total. The van der Waals surface area contributed by atoms with Gasteiger partial charge < -0.3 is 20.0 Å². The lowest BCUT2D eigenvalue weighted by Crippen LogP contribution is -2.57. The second kappa shape index (κ2) is 8.32. The number of urea groups is 1. The first-order valence-corrected chi connectivity index (χ1v) is 10.4. The molecule has 2 saturated heterocycles. The summed E-state index contributed by atoms with van der Waals surface area (Å²) in [5.74, 6) is 2.84. The van der Waals surface area contributed by atoms with Crippen LogP contribution in [0.15, 0.2) is 24.3 Å². The van der Waals surface area contributed by atoms with Crippen molar-refractivity contribution in [3.63, 3.8) is 0 Å². The van der Waals surface area contributed by atoms with Crippen LogP contribution in [-0.2, 0) is 0 Å². The second-order valence-corrected chi connectivity index (χ2v) is 8.57. The first-order valence-electron chi connectivity index (χ1n) is 9.23. The van der Waals surface area contributed by atoms with Gasteiger partial charge in [-0.3, -0.25) is 0 Å². The minimum Gasteiger partial charge on any atom is -0.370 e. The van der Waals surface area contributed by atoms with Gasteiger partial charge in [-0.05, 0) is 37.2 Å². The summed E-state index contributed by atoms with van der Waals surface area (Å²) in [6, 6.07) is 8.58. The van der Waals surface area contributed by atoms with Crippen molar-refractivity contribution in [1.29, 1.82) is 0 Å². The lowest BCUT2D eigenvalue weighted by molar-refractivity contribution is 0.0922. The van der Waals surface area contributed by atoms with Crippen LogP contribution in [-0.4, -0.2) is 73.1 Å². The van der Waals surface area contributed by atoms with E-state index in [9.17, 15) is 4.79 Å². The van der Waals surface area contributed by atoms with Crippen LogP contribution in [0.5, 0.6) is 0 Å². The SMILES string of the molecule is CC(C)C1CN(C)CCN1C(=O)Nc1ccc(N2CCSCC2)cc1. The molecule has 1 aromatic rings. The van der Waals surface area contributed by atoms with E-state index in [0.29, 0.717) is 5.92 Å². The van der Waals surface area contributed by atoms with Crippen molar-refractivity contribution < 1.29 is 4.79 Å². The van der Waals surface area contributed by atoms with Crippen LogP contribution >= 0.6 is 11.8 Å². The number of piperazine rings is 1. The molecule has 2 aliphatic heterocycles. The van der Waals surface area contributed by atoms with Crippen molar-refractivity contribution in [2.75, 3.05) is 61.5 Å². The van der Waals surface area contributed by atoms with Crippen molar-refractivity contribution in [3.8, 4) is 0 Å². The van der Waals surface area contributed by atoms with Gasteiger partial charge in [0.1, 0.15) is 0 Å². The average molecular weight is 363 g/mol. The first kappa shape index (κ1) is 18.4. The molecule has 6 heteroatoms. The lowest BCUT2D eigenvalue weighted by atomic mass is 10.0. The number of rotatable bonds is 3. The van der Waals surface area contributed by atoms with Crippen molar-refractivity contribution >= 4 is 29.2 Å². The quantitative estimate of drug-likeness (QED) is 0.897. The number of nitrogens with zero attached hydrogens (tertiary/aromatic N) is 3. The normalized spacial score (nSPS) is 22.3. The Labute approximate surface area is 155 Å². The number of carbonyl (C=O) groups excluding carboxylic acids is 1. The topological polar surface area (TPSA) is 38.8 Å². The van der Waals surface area contributed by atoms with Gasteiger partial charge in [0.15, 0.2) is 0 Å². The lowest BCUT2D eigenvalue weighted by Gasteiger charge is -2.42. The number of nitrogens with one attached hydrogen (secondary N) is 1. The zero-order valence-corrected chi connectivity index (χ0v) is 16.4. The first-order chi connectivity index (χ1) is 12.0. The minimum absolute atomic E-state index is 0.0222. The predicted octanol–water partition coefficient (Wildman–Crippen LogP) is 3.04. The molecule has 0 aromatic heterocycles. The van der Waals surface area contributed by atoms with Crippen LogP contribution in [0.4, 0.5) is 16.2 Å². The smallest absolute Gasteiger partial charge is 0.322 e. The molecule has 2 heterocycles. The van der Waals surface area contributed by atoms with Crippen molar-refractivity contribution in [1.82, 2.24) is 9.80 Å². The van der Waals surface area contributed by atoms with Crippen LogP contribution in [0.3, 0.4) is 0 Å². The average Bonchev–Trinajstić information content (AvgIpc) is 2.63. The third-order valence-electron chi connectivity index (χ3n) is 5.15. The Balaban J connectivity index is 1.62. The number of hydrogen-bond donors (Lipinski definition) is 1. The molecule has 0 radical (unpaired) electrons. The monoisotopic (exact) mass is 362 g/mol. The van der Waals surface area contributed by atoms with E-state index in [0.717, 1.165) is 38.4 Å². The third kappa shape index (κ3) is 4.61. The highest BCUT2D eigenvalue weighted by Crippen LogP contribution is 2.23. The van der Waals surface area contributed by atoms with Gasteiger partial charge in [-0.2, -0.15) is 11.8 Å². The highest BCUT2D eigenvalue weighted by molar-refractivity contribution is 7.99. The summed E-state index contributed by atoms with van der Waals surface area (Å²) in [6.07, 6.45) is 0. The summed E-state index contributed by atoms with van der Waals surface area (Å²) < 4.78 is 0. The minimum atomic E-state index is 0.0222. The molecule has 138 valence electrons. The molecule has 1 unspecified atom stereocenters. The predicted molar refractivity (Wildman–Crippen MR) is 108 cm³/mol. The Bertz CT molecular complexity index is 571. The van der Waals surface area contributed by atoms with Crippen LogP contribution in [0.1, 0.15) is 13.8 Å². The van der Waals surface area contributed by atoms with Gasteiger partial charge in [-0.1, -0.05) is 13.8 Å². The van der Waals surface area contributed by atoms with E-state index >= 15 is 0 Å². The number of thioether (sulfide) groups is 1. The standard InChI is InChI=1S/C19H30N4OS/c1-15(2)18-14-21(3)8-9-23(18)19(24)20-16-4-6-17(7-5-16)22-10-12-25-13-11-22/h4-7,15,18H,8-14H2,1-3H3,(H,20,24). The van der Waals surface area contributed by atoms with Crippen LogP contribution < -0.4 is 10.2 Å². The maximum absolute atomic E-state index is 12.8. The molecule has 2 aliphatic rings. The van der Waals surface area contributed by atoms with Gasteiger partial charge >= 0.3 is 6.03 Å². The molecule has 0 bridgehead atoms. The fourth-order valence-corrected chi connectivity index (χ4v) is 4.45. The summed E-state index contributed by atoms with van der Waals surface area (Å²) in [7, 11) is 2.13. The van der Waals surface area contributed by atoms with Crippen molar-refractivity contribution in [3.05, 3.63) is 24.3 Å². The maximum atomic E-state index is 12.8. The Kier molecular flexibility index (Phi) is 6.12. The number of hydrogen-bond acceptors (Lipinski definition) is 4. The fraction of sp³-hybridized carbons (Fsp3) is 0.632. The summed E-state index contributed by atoms with van der Waals surface area (Å²) in [5, 5.41) is 3.09. The summed E-state index contributed by atoms with van der Waals surface area (Å²) in [5.41, 5.74) is 2.12. The molecule has 0 aliphatic carbocycles. The largest absolute Gasteiger partial charge is 0.370 e. The van der Waals surface area contributed by atoms with Crippen molar-refractivity contribution in [2.24, 2.45) is 5.92 Å². The Morgan fingerprint density at radius 1 is 1.12 bits per heavy atom. The number of benzene rings is 1. The van der Waals surface area contributed by atoms with Gasteiger partial charge in [0, 0.05) is 61.6 Å². The number of amides is 2. The number of likely N-dealkylation sites (N-methyl/N-ethyl adjacent to an activating group) is 1. The fourth-order valence-electron chi connectivity index (χ4n) is 3.55. The van der Waals surface area contributed by atoms with Gasteiger partial charge in [-0.15, -0.1) is 0 Å². The highest BCUT2D eigenvalue weighted by atomic mass is 32.2. The van der Waals surface area contributed by atoms with Crippen LogP contribution in [0, 0.1) is 5.92 Å². The van der Waals surface area contributed by atoms with Gasteiger partial charge in [0.2, 0.25) is 0 Å². The molecule has 5 nitrogen and oxygen atoms in total. The van der Waals surface area contributed by atoms with E-state index in [1.807, 2.05) is 28.8 Å². The summed E-state index contributed by atoms with van der Waals surface area (Å²) in [4.78, 5) is 19.5.